The number of hydrogen-bond acceptors (Lipinski definition) is 4. The van der Waals surface area contributed by atoms with Gasteiger partial charge in [0.2, 0.25) is 0 Å². The molecule has 0 atom stereocenters. The first-order chi connectivity index (χ1) is 7.84. The van der Waals surface area contributed by atoms with Crippen molar-refractivity contribution in [3.63, 3.8) is 0 Å². The fourth-order valence-corrected chi connectivity index (χ4v) is 2.10. The van der Waals surface area contributed by atoms with Crippen LogP contribution in [0.25, 0.3) is 0 Å². The van der Waals surface area contributed by atoms with Gasteiger partial charge >= 0.3 is 0 Å². The molecule has 0 unspecified atom stereocenters. The van der Waals surface area contributed by atoms with Crippen molar-refractivity contribution in [2.45, 2.75) is 5.54 Å². The van der Waals surface area contributed by atoms with Crippen molar-refractivity contribution in [1.82, 2.24) is 5.32 Å². The summed E-state index contributed by atoms with van der Waals surface area (Å²) in [7, 11) is 1.96. The van der Waals surface area contributed by atoms with Crippen LogP contribution in [0, 0.1) is 0 Å². The van der Waals surface area contributed by atoms with E-state index in [4.69, 9.17) is 14.2 Å². The highest BCUT2D eigenvalue weighted by Crippen LogP contribution is 2.36. The van der Waals surface area contributed by atoms with Crippen molar-refractivity contribution >= 4 is 0 Å². The summed E-state index contributed by atoms with van der Waals surface area (Å²) in [6.45, 7) is 2.68. The number of ether oxygens (including phenoxy) is 3. The molecule has 3 rings (SSSR count). The van der Waals surface area contributed by atoms with Crippen molar-refractivity contribution in [2.24, 2.45) is 0 Å². The summed E-state index contributed by atoms with van der Waals surface area (Å²) in [5, 5.41) is 3.32. The van der Waals surface area contributed by atoms with E-state index in [9.17, 15) is 0 Å². The van der Waals surface area contributed by atoms with Crippen LogP contribution in [0.15, 0.2) is 18.2 Å². The monoisotopic (exact) mass is 221 g/mol. The largest absolute Gasteiger partial charge is 0.486 e. The number of fused-ring (bicyclic) bond motifs is 1. The van der Waals surface area contributed by atoms with Gasteiger partial charge in [-0.1, -0.05) is 6.07 Å². The summed E-state index contributed by atoms with van der Waals surface area (Å²) in [6.07, 6.45) is 0. The molecule has 0 radical (unpaired) electrons. The van der Waals surface area contributed by atoms with Crippen LogP contribution in [0.4, 0.5) is 0 Å². The molecule has 1 fully saturated rings. The van der Waals surface area contributed by atoms with Crippen LogP contribution in [-0.4, -0.2) is 33.5 Å². The summed E-state index contributed by atoms with van der Waals surface area (Å²) in [6, 6.07) is 6.10. The third-order valence-electron chi connectivity index (χ3n) is 3.27. The Balaban J connectivity index is 1.96. The Bertz CT molecular complexity index is 396. The highest BCUT2D eigenvalue weighted by molar-refractivity contribution is 5.46. The normalized spacial score (nSPS) is 21.3. The minimum Gasteiger partial charge on any atom is -0.486 e. The van der Waals surface area contributed by atoms with E-state index in [1.807, 2.05) is 19.2 Å². The second-order valence-electron chi connectivity index (χ2n) is 4.18. The molecule has 0 bridgehead atoms. The minimum absolute atomic E-state index is 0.0458. The molecule has 4 nitrogen and oxygen atoms in total. The van der Waals surface area contributed by atoms with Gasteiger partial charge in [0.25, 0.3) is 0 Å². The molecule has 2 heterocycles. The first kappa shape index (κ1) is 9.93. The Hall–Kier alpha value is -1.26. The van der Waals surface area contributed by atoms with Gasteiger partial charge in [-0.05, 0) is 24.7 Å². The topological polar surface area (TPSA) is 39.7 Å². The fourth-order valence-electron chi connectivity index (χ4n) is 2.10. The molecule has 1 aromatic carbocycles. The average Bonchev–Trinajstić information content (AvgIpc) is 2.28. The lowest BCUT2D eigenvalue weighted by Crippen LogP contribution is -2.56. The van der Waals surface area contributed by atoms with Crippen molar-refractivity contribution in [2.75, 3.05) is 33.5 Å². The molecule has 16 heavy (non-hydrogen) atoms. The smallest absolute Gasteiger partial charge is 0.161 e. The fraction of sp³-hybridized carbons (Fsp3) is 0.500. The molecular formula is C12H15NO3. The predicted octanol–water partition coefficient (Wildman–Crippen LogP) is 0.903. The number of likely N-dealkylation sites (N-methyl/N-ethyl adjacent to an activating group) is 1. The molecule has 0 saturated carbocycles. The van der Waals surface area contributed by atoms with Crippen LogP contribution < -0.4 is 14.8 Å². The lowest BCUT2D eigenvalue weighted by molar-refractivity contribution is -0.0749. The molecule has 0 spiro atoms. The Morgan fingerprint density at radius 2 is 1.88 bits per heavy atom. The van der Waals surface area contributed by atoms with Crippen LogP contribution in [0.1, 0.15) is 5.56 Å². The lowest BCUT2D eigenvalue weighted by Gasteiger charge is -2.42. The Labute approximate surface area is 94.5 Å². The average molecular weight is 221 g/mol. The molecule has 4 heteroatoms. The SMILES string of the molecule is CNC1(c2ccc3c(c2)OCCO3)COC1. The van der Waals surface area contributed by atoms with Gasteiger partial charge in [0.15, 0.2) is 11.5 Å². The molecule has 1 aromatic rings. The maximum Gasteiger partial charge on any atom is 0.161 e. The maximum absolute atomic E-state index is 5.58. The van der Waals surface area contributed by atoms with Gasteiger partial charge in [-0.3, -0.25) is 0 Å². The molecule has 1 N–H and O–H groups in total. The van der Waals surface area contributed by atoms with Crippen molar-refractivity contribution in [3.8, 4) is 11.5 Å². The van der Waals surface area contributed by atoms with Gasteiger partial charge in [0.05, 0.1) is 18.8 Å². The zero-order chi connectivity index (χ0) is 11.0. The molecule has 0 aliphatic carbocycles. The summed E-state index contributed by atoms with van der Waals surface area (Å²) in [5.41, 5.74) is 1.15. The number of benzene rings is 1. The third-order valence-corrected chi connectivity index (χ3v) is 3.27. The Morgan fingerprint density at radius 1 is 1.12 bits per heavy atom. The Kier molecular flexibility index (Phi) is 2.26. The number of nitrogens with one attached hydrogen (secondary N) is 1. The van der Waals surface area contributed by atoms with Gasteiger partial charge < -0.3 is 19.5 Å². The van der Waals surface area contributed by atoms with Crippen LogP contribution in [0.2, 0.25) is 0 Å². The van der Waals surface area contributed by atoms with E-state index in [2.05, 4.69) is 11.4 Å². The van der Waals surface area contributed by atoms with E-state index in [0.29, 0.717) is 26.4 Å². The molecule has 2 aliphatic heterocycles. The van der Waals surface area contributed by atoms with Crippen LogP contribution >= 0.6 is 0 Å². The van der Waals surface area contributed by atoms with Crippen LogP contribution in [0.5, 0.6) is 11.5 Å². The van der Waals surface area contributed by atoms with E-state index in [1.54, 1.807) is 0 Å². The highest BCUT2D eigenvalue weighted by atomic mass is 16.6. The quantitative estimate of drug-likeness (QED) is 0.805. The Morgan fingerprint density at radius 3 is 2.50 bits per heavy atom. The molecule has 0 amide bonds. The van der Waals surface area contributed by atoms with E-state index in [1.165, 1.54) is 5.56 Å². The van der Waals surface area contributed by atoms with Gasteiger partial charge in [-0.2, -0.15) is 0 Å². The van der Waals surface area contributed by atoms with E-state index in [0.717, 1.165) is 11.5 Å². The highest BCUT2D eigenvalue weighted by Gasteiger charge is 2.39. The zero-order valence-corrected chi connectivity index (χ0v) is 9.29. The second-order valence-corrected chi connectivity index (χ2v) is 4.18. The van der Waals surface area contributed by atoms with E-state index >= 15 is 0 Å². The summed E-state index contributed by atoms with van der Waals surface area (Å²) < 4.78 is 16.4. The minimum atomic E-state index is -0.0458. The summed E-state index contributed by atoms with van der Waals surface area (Å²) in [4.78, 5) is 0. The first-order valence-corrected chi connectivity index (χ1v) is 5.51. The van der Waals surface area contributed by atoms with E-state index < -0.39 is 0 Å². The number of hydrogen-bond donors (Lipinski definition) is 1. The number of rotatable bonds is 2. The summed E-state index contributed by atoms with van der Waals surface area (Å²) in [5.74, 6) is 1.67. The molecule has 1 saturated heterocycles. The predicted molar refractivity (Wildman–Crippen MR) is 59.0 cm³/mol. The van der Waals surface area contributed by atoms with Crippen molar-refractivity contribution in [3.05, 3.63) is 23.8 Å². The first-order valence-electron chi connectivity index (χ1n) is 5.51. The zero-order valence-electron chi connectivity index (χ0n) is 9.29. The molecule has 86 valence electrons. The van der Waals surface area contributed by atoms with Gasteiger partial charge in [-0.25, -0.2) is 0 Å². The lowest BCUT2D eigenvalue weighted by atomic mass is 9.88. The molecule has 0 aromatic heterocycles. The summed E-state index contributed by atoms with van der Waals surface area (Å²) >= 11 is 0. The molecule has 2 aliphatic rings. The van der Waals surface area contributed by atoms with Crippen LogP contribution in [0.3, 0.4) is 0 Å². The maximum atomic E-state index is 5.58. The van der Waals surface area contributed by atoms with Gasteiger partial charge in [0.1, 0.15) is 13.2 Å². The van der Waals surface area contributed by atoms with Gasteiger partial charge in [0, 0.05) is 0 Å². The third kappa shape index (κ3) is 1.37. The molecular weight excluding hydrogens is 206 g/mol. The second kappa shape index (κ2) is 3.64. The van der Waals surface area contributed by atoms with Crippen molar-refractivity contribution < 1.29 is 14.2 Å². The van der Waals surface area contributed by atoms with Crippen LogP contribution in [-0.2, 0) is 10.3 Å². The van der Waals surface area contributed by atoms with Crippen molar-refractivity contribution in [1.29, 1.82) is 0 Å². The standard InChI is InChI=1S/C12H15NO3/c1-13-12(7-14-8-12)9-2-3-10-11(6-9)16-5-4-15-10/h2-3,6,13H,4-5,7-8H2,1H3. The van der Waals surface area contributed by atoms with E-state index in [-0.39, 0.29) is 5.54 Å². The van der Waals surface area contributed by atoms with Gasteiger partial charge in [-0.15, -0.1) is 0 Å².